The number of hydrogen-bond acceptors (Lipinski definition) is 7. The Labute approximate surface area is 254 Å². The SMILES string of the molecule is CCN(c1cc(O[C@H]2C[C@@H](N3CCN(C(C)=O)CC3)C2)cc(C(=O)NCc2c(C)cc(C)[nH]c2=O)c1C)C1CCOCC1. The Kier molecular flexibility index (Phi) is 9.76. The lowest BCUT2D eigenvalue weighted by Gasteiger charge is -2.46. The normalized spacial score (nSPS) is 21.3. The van der Waals surface area contributed by atoms with Crippen LogP contribution in [0.3, 0.4) is 0 Å². The van der Waals surface area contributed by atoms with Crippen molar-refractivity contribution in [1.29, 1.82) is 0 Å². The highest BCUT2D eigenvalue weighted by molar-refractivity contribution is 5.97. The maximum Gasteiger partial charge on any atom is 0.253 e. The number of rotatable bonds is 9. The smallest absolute Gasteiger partial charge is 0.253 e. The summed E-state index contributed by atoms with van der Waals surface area (Å²) >= 11 is 0. The van der Waals surface area contributed by atoms with Crippen LogP contribution in [-0.4, -0.2) is 90.7 Å². The number of nitrogens with zero attached hydrogens (tertiary/aromatic N) is 3. The largest absolute Gasteiger partial charge is 0.490 e. The second kappa shape index (κ2) is 13.5. The number of H-pyrrole nitrogens is 1. The Bertz CT molecular complexity index is 1370. The molecular weight excluding hydrogens is 546 g/mol. The summed E-state index contributed by atoms with van der Waals surface area (Å²) in [6.07, 6.45) is 3.82. The molecule has 2 saturated heterocycles. The molecule has 2 aromatic rings. The molecule has 1 saturated carbocycles. The average Bonchev–Trinajstić information content (AvgIpc) is 2.96. The number of carbonyl (C=O) groups is 2. The molecule has 0 spiro atoms. The highest BCUT2D eigenvalue weighted by Crippen LogP contribution is 2.36. The van der Waals surface area contributed by atoms with Crippen molar-refractivity contribution in [3.05, 3.63) is 56.5 Å². The molecule has 10 nitrogen and oxygen atoms in total. The van der Waals surface area contributed by atoms with E-state index < -0.39 is 0 Å². The van der Waals surface area contributed by atoms with E-state index >= 15 is 0 Å². The van der Waals surface area contributed by atoms with E-state index in [0.29, 0.717) is 29.0 Å². The molecule has 0 radical (unpaired) electrons. The van der Waals surface area contributed by atoms with Gasteiger partial charge in [0.2, 0.25) is 5.91 Å². The molecule has 1 aliphatic carbocycles. The molecule has 10 heteroatoms. The minimum Gasteiger partial charge on any atom is -0.490 e. The molecule has 0 unspecified atom stereocenters. The van der Waals surface area contributed by atoms with Crippen molar-refractivity contribution in [3.63, 3.8) is 0 Å². The van der Waals surface area contributed by atoms with Gasteiger partial charge in [-0.25, -0.2) is 0 Å². The summed E-state index contributed by atoms with van der Waals surface area (Å²) in [4.78, 5) is 47.5. The Morgan fingerprint density at radius 1 is 1.07 bits per heavy atom. The van der Waals surface area contributed by atoms with Gasteiger partial charge in [0, 0.05) is 113 Å². The van der Waals surface area contributed by atoms with Gasteiger partial charge < -0.3 is 29.6 Å². The quantitative estimate of drug-likeness (QED) is 0.460. The number of aryl methyl sites for hydroxylation is 2. The first-order valence-electron chi connectivity index (χ1n) is 15.8. The number of aromatic nitrogens is 1. The monoisotopic (exact) mass is 593 g/mol. The molecule has 5 rings (SSSR count). The molecule has 234 valence electrons. The third-order valence-corrected chi connectivity index (χ3v) is 9.45. The molecule has 0 atom stereocenters. The van der Waals surface area contributed by atoms with Crippen molar-refractivity contribution in [2.24, 2.45) is 0 Å². The van der Waals surface area contributed by atoms with Crippen LogP contribution < -0.4 is 20.5 Å². The number of hydrogen-bond donors (Lipinski definition) is 2. The van der Waals surface area contributed by atoms with Gasteiger partial charge in [-0.2, -0.15) is 0 Å². The molecule has 43 heavy (non-hydrogen) atoms. The van der Waals surface area contributed by atoms with Gasteiger partial charge in [0.1, 0.15) is 11.9 Å². The van der Waals surface area contributed by atoms with Crippen molar-refractivity contribution in [2.45, 2.75) is 85.0 Å². The highest BCUT2D eigenvalue weighted by atomic mass is 16.5. The van der Waals surface area contributed by atoms with E-state index in [2.05, 4.69) is 33.1 Å². The number of anilines is 1. The first-order valence-corrected chi connectivity index (χ1v) is 15.8. The number of pyridine rings is 1. The van der Waals surface area contributed by atoms with Crippen molar-refractivity contribution in [1.82, 2.24) is 20.1 Å². The van der Waals surface area contributed by atoms with Crippen LogP contribution in [-0.2, 0) is 16.1 Å². The van der Waals surface area contributed by atoms with Crippen LogP contribution in [0, 0.1) is 20.8 Å². The van der Waals surface area contributed by atoms with Crippen LogP contribution in [0.2, 0.25) is 0 Å². The van der Waals surface area contributed by atoms with E-state index in [1.54, 1.807) is 6.92 Å². The van der Waals surface area contributed by atoms with E-state index in [0.717, 1.165) is 94.1 Å². The summed E-state index contributed by atoms with van der Waals surface area (Å²) in [6.45, 7) is 15.3. The van der Waals surface area contributed by atoms with E-state index in [9.17, 15) is 14.4 Å². The maximum absolute atomic E-state index is 13.7. The van der Waals surface area contributed by atoms with Crippen molar-refractivity contribution in [3.8, 4) is 5.75 Å². The predicted octanol–water partition coefficient (Wildman–Crippen LogP) is 3.31. The van der Waals surface area contributed by atoms with Gasteiger partial charge >= 0.3 is 0 Å². The Morgan fingerprint density at radius 2 is 1.77 bits per heavy atom. The molecule has 3 heterocycles. The van der Waals surface area contributed by atoms with E-state index in [4.69, 9.17) is 9.47 Å². The Morgan fingerprint density at radius 3 is 2.40 bits per heavy atom. The lowest BCUT2D eigenvalue weighted by atomic mass is 9.87. The van der Waals surface area contributed by atoms with Gasteiger partial charge in [0.25, 0.3) is 11.5 Å². The number of ether oxygens (including phenoxy) is 2. The van der Waals surface area contributed by atoms with Gasteiger partial charge in [-0.05, 0) is 63.8 Å². The minimum absolute atomic E-state index is 0.0780. The fourth-order valence-electron chi connectivity index (χ4n) is 6.79. The van der Waals surface area contributed by atoms with E-state index in [-0.39, 0.29) is 30.0 Å². The molecule has 1 aromatic heterocycles. The third kappa shape index (κ3) is 7.07. The molecule has 2 amide bonds. The van der Waals surface area contributed by atoms with Crippen LogP contribution in [0.5, 0.6) is 5.75 Å². The summed E-state index contributed by atoms with van der Waals surface area (Å²) < 4.78 is 12.2. The number of aromatic amines is 1. The van der Waals surface area contributed by atoms with Crippen molar-refractivity contribution >= 4 is 17.5 Å². The van der Waals surface area contributed by atoms with Crippen LogP contribution >= 0.6 is 0 Å². The number of nitrogens with one attached hydrogen (secondary N) is 2. The molecule has 0 bridgehead atoms. The summed E-state index contributed by atoms with van der Waals surface area (Å²) in [5.41, 5.74) is 4.52. The van der Waals surface area contributed by atoms with Gasteiger partial charge in [-0.1, -0.05) is 0 Å². The zero-order valence-electron chi connectivity index (χ0n) is 26.3. The van der Waals surface area contributed by atoms with Gasteiger partial charge in [-0.3, -0.25) is 19.3 Å². The standard InChI is InChI=1S/C33H47N5O5/c1-6-38(25-7-13-42-14-8-25)31-19-28(43-27-16-26(17-27)37-11-9-36(10-12-37)24(5)39)18-29(23(31)4)32(40)34-20-30-21(2)15-22(3)35-33(30)41/h15,18-19,25-27H,6-14,16-17,20H2,1-5H3,(H,34,40)(H,35,41)/t26-,27+. The second-order valence-electron chi connectivity index (χ2n) is 12.3. The molecule has 3 fully saturated rings. The van der Waals surface area contributed by atoms with Crippen molar-refractivity contribution in [2.75, 3.05) is 50.8 Å². The zero-order chi connectivity index (χ0) is 30.7. The third-order valence-electron chi connectivity index (χ3n) is 9.45. The fraction of sp³-hybridized carbons (Fsp3) is 0.606. The molecule has 2 N–H and O–H groups in total. The lowest BCUT2D eigenvalue weighted by Crippen LogP contribution is -2.56. The zero-order valence-corrected chi connectivity index (χ0v) is 26.3. The van der Waals surface area contributed by atoms with Crippen molar-refractivity contribution < 1.29 is 19.1 Å². The first-order chi connectivity index (χ1) is 20.6. The van der Waals surface area contributed by atoms with Crippen LogP contribution in [0.4, 0.5) is 5.69 Å². The molecule has 2 aliphatic heterocycles. The molecular formula is C33H47N5O5. The van der Waals surface area contributed by atoms with Crippen LogP contribution in [0.15, 0.2) is 23.0 Å². The first kappa shape index (κ1) is 31.1. The highest BCUT2D eigenvalue weighted by Gasteiger charge is 2.37. The Balaban J connectivity index is 1.33. The van der Waals surface area contributed by atoms with Gasteiger partial charge in [-0.15, -0.1) is 0 Å². The number of benzene rings is 1. The minimum atomic E-state index is -0.221. The number of amides is 2. The lowest BCUT2D eigenvalue weighted by molar-refractivity contribution is -0.131. The van der Waals surface area contributed by atoms with Gasteiger partial charge in [0.05, 0.1) is 0 Å². The fourth-order valence-corrected chi connectivity index (χ4v) is 6.79. The maximum atomic E-state index is 13.7. The molecule has 1 aromatic carbocycles. The topological polar surface area (TPSA) is 107 Å². The molecule has 3 aliphatic rings. The van der Waals surface area contributed by atoms with Crippen LogP contribution in [0.25, 0.3) is 0 Å². The number of carbonyl (C=O) groups excluding carboxylic acids is 2. The van der Waals surface area contributed by atoms with E-state index in [1.807, 2.05) is 37.8 Å². The number of piperazine rings is 1. The summed E-state index contributed by atoms with van der Waals surface area (Å²) in [6, 6.07) is 6.66. The van der Waals surface area contributed by atoms with E-state index in [1.165, 1.54) is 0 Å². The average molecular weight is 594 g/mol. The summed E-state index contributed by atoms with van der Waals surface area (Å²) in [7, 11) is 0. The predicted molar refractivity (Wildman–Crippen MR) is 167 cm³/mol. The second-order valence-corrected chi connectivity index (χ2v) is 12.3. The van der Waals surface area contributed by atoms with Gasteiger partial charge in [0.15, 0.2) is 0 Å². The summed E-state index contributed by atoms with van der Waals surface area (Å²) in [5, 5.41) is 3.00. The Hall–Kier alpha value is -3.37. The van der Waals surface area contributed by atoms with Crippen LogP contribution in [0.1, 0.15) is 72.3 Å². The summed E-state index contributed by atoms with van der Waals surface area (Å²) in [5.74, 6) is 0.624.